The molecule has 2 aliphatic rings. The van der Waals surface area contributed by atoms with E-state index < -0.39 is 102 Å². The highest BCUT2D eigenvalue weighted by atomic mass is 16.7. The number of methoxy groups -OCH3 is 1. The summed E-state index contributed by atoms with van der Waals surface area (Å²) in [6.45, 7) is 2.89. The van der Waals surface area contributed by atoms with E-state index in [1.165, 1.54) is 32.2 Å². The molecule has 17 nitrogen and oxygen atoms in total. The molecule has 0 unspecified atom stereocenters. The Kier molecular flexibility index (Phi) is 10.6. The second-order valence-electron chi connectivity index (χ2n) is 11.4. The minimum Gasteiger partial charge on any atom is -0.507 e. The van der Waals surface area contributed by atoms with Crippen molar-refractivity contribution in [3.63, 3.8) is 0 Å². The van der Waals surface area contributed by atoms with E-state index in [2.05, 4.69) is 0 Å². The number of phenols is 1. The number of hydrogen-bond donors (Lipinski definition) is 6. The van der Waals surface area contributed by atoms with Crippen molar-refractivity contribution in [2.45, 2.75) is 82.2 Å². The highest BCUT2D eigenvalue weighted by Gasteiger charge is 2.50. The van der Waals surface area contributed by atoms with Gasteiger partial charge in [0.2, 0.25) is 29.9 Å². The number of fused-ring (bicyclic) bond motifs is 1. The molecule has 0 amide bonds. The normalized spacial score (nSPS) is 30.0. The Morgan fingerprint density at radius 3 is 2.08 bits per heavy atom. The molecule has 3 heterocycles. The largest absolute Gasteiger partial charge is 0.507 e. The summed E-state index contributed by atoms with van der Waals surface area (Å²) >= 11 is 0. The number of esters is 2. The maximum absolute atomic E-state index is 14.1. The monoisotopic (exact) mass is 692 g/mol. The lowest BCUT2D eigenvalue weighted by Gasteiger charge is -2.41. The highest BCUT2D eigenvalue weighted by molar-refractivity contribution is 5.88. The molecular formula is C32H36O17. The summed E-state index contributed by atoms with van der Waals surface area (Å²) in [7, 11) is 1.45. The molecule has 49 heavy (non-hydrogen) atoms. The third kappa shape index (κ3) is 7.28. The number of aromatic hydroxyl groups is 1. The van der Waals surface area contributed by atoms with E-state index in [1.807, 2.05) is 0 Å². The molecule has 0 spiro atoms. The van der Waals surface area contributed by atoms with E-state index in [4.69, 9.17) is 37.6 Å². The Morgan fingerprint density at radius 2 is 1.47 bits per heavy atom. The SMILES string of the molecule is COc1ccc(-c2oc3cc(O[C@@H]4O[C@H](CO)[C@@H](O)[C@H](O)[C@H]4O)cc(O)c3c(=O)c2O[C@@H]2O[C@@H](C)[C@H](O)[C@@H](OC(C)=O)[C@H]2OC(C)=O)cc1. The molecule has 17 heteroatoms. The summed E-state index contributed by atoms with van der Waals surface area (Å²) in [6, 6.07) is 8.36. The Labute approximate surface area is 277 Å². The van der Waals surface area contributed by atoms with Crippen LogP contribution < -0.4 is 19.6 Å². The first-order valence-corrected chi connectivity index (χ1v) is 15.0. The van der Waals surface area contributed by atoms with Crippen molar-refractivity contribution in [2.24, 2.45) is 0 Å². The number of carbonyl (C=O) groups is 2. The van der Waals surface area contributed by atoms with Gasteiger partial charge in [0.1, 0.15) is 58.7 Å². The van der Waals surface area contributed by atoms with Crippen molar-refractivity contribution in [3.05, 3.63) is 46.6 Å². The highest BCUT2D eigenvalue weighted by Crippen LogP contribution is 2.39. The Hall–Kier alpha value is -4.49. The molecule has 2 aromatic carbocycles. The quantitative estimate of drug-likeness (QED) is 0.158. The van der Waals surface area contributed by atoms with Crippen LogP contribution >= 0.6 is 0 Å². The van der Waals surface area contributed by atoms with Crippen LogP contribution in [0, 0.1) is 0 Å². The van der Waals surface area contributed by atoms with Crippen LogP contribution in [0.1, 0.15) is 20.8 Å². The maximum atomic E-state index is 14.1. The first-order valence-electron chi connectivity index (χ1n) is 15.0. The zero-order chi connectivity index (χ0) is 35.7. The smallest absolute Gasteiger partial charge is 0.303 e. The molecule has 5 rings (SSSR count). The van der Waals surface area contributed by atoms with E-state index >= 15 is 0 Å². The zero-order valence-corrected chi connectivity index (χ0v) is 26.6. The molecule has 3 aromatic rings. The van der Waals surface area contributed by atoms with Crippen LogP contribution in [0.5, 0.6) is 23.0 Å². The van der Waals surface area contributed by atoms with Crippen molar-refractivity contribution in [1.82, 2.24) is 0 Å². The van der Waals surface area contributed by atoms with Crippen LogP contribution in [0.25, 0.3) is 22.3 Å². The minimum atomic E-state index is -1.77. The number of benzene rings is 2. The van der Waals surface area contributed by atoms with Crippen LogP contribution in [-0.2, 0) is 28.5 Å². The lowest BCUT2D eigenvalue weighted by molar-refractivity contribution is -0.277. The molecule has 0 aliphatic carbocycles. The number of ether oxygens (including phenoxy) is 7. The Bertz CT molecular complexity index is 1720. The fraction of sp³-hybridized carbons (Fsp3) is 0.469. The van der Waals surface area contributed by atoms with Gasteiger partial charge in [0.25, 0.3) is 0 Å². The lowest BCUT2D eigenvalue weighted by Crippen LogP contribution is -2.61. The van der Waals surface area contributed by atoms with Gasteiger partial charge in [-0.05, 0) is 31.2 Å². The van der Waals surface area contributed by atoms with E-state index in [0.29, 0.717) is 5.75 Å². The Balaban J connectivity index is 1.61. The third-order valence-electron chi connectivity index (χ3n) is 7.96. The molecule has 0 bridgehead atoms. The van der Waals surface area contributed by atoms with Crippen LogP contribution in [0.2, 0.25) is 0 Å². The topological polar surface area (TPSA) is 250 Å². The molecule has 6 N–H and O–H groups in total. The fourth-order valence-electron chi connectivity index (χ4n) is 5.50. The average Bonchev–Trinajstić information content (AvgIpc) is 3.05. The number of aliphatic hydroxyl groups excluding tert-OH is 5. The summed E-state index contributed by atoms with van der Waals surface area (Å²) < 4.78 is 44.8. The van der Waals surface area contributed by atoms with Crippen molar-refractivity contribution >= 4 is 22.9 Å². The van der Waals surface area contributed by atoms with Gasteiger partial charge in [-0.2, -0.15) is 0 Å². The van der Waals surface area contributed by atoms with Gasteiger partial charge in [-0.25, -0.2) is 0 Å². The average molecular weight is 693 g/mol. The first kappa shape index (κ1) is 35.8. The van der Waals surface area contributed by atoms with Crippen LogP contribution in [-0.4, -0.2) is 118 Å². The molecule has 2 saturated heterocycles. The number of rotatable bonds is 9. The predicted octanol–water partition coefficient (Wildman–Crippen LogP) is -0.299. The van der Waals surface area contributed by atoms with Gasteiger partial charge in [-0.15, -0.1) is 0 Å². The molecule has 266 valence electrons. The number of hydrogen-bond acceptors (Lipinski definition) is 17. The second-order valence-corrected chi connectivity index (χ2v) is 11.4. The van der Waals surface area contributed by atoms with E-state index in [-0.39, 0.29) is 22.7 Å². The van der Waals surface area contributed by atoms with Gasteiger partial charge in [0.15, 0.2) is 11.9 Å². The lowest BCUT2D eigenvalue weighted by atomic mass is 9.99. The van der Waals surface area contributed by atoms with Crippen LogP contribution in [0.3, 0.4) is 0 Å². The summed E-state index contributed by atoms with van der Waals surface area (Å²) in [5.74, 6) is -2.80. The molecule has 2 fully saturated rings. The van der Waals surface area contributed by atoms with Gasteiger partial charge >= 0.3 is 11.9 Å². The second kappa shape index (κ2) is 14.6. The molecule has 0 saturated carbocycles. The molecular weight excluding hydrogens is 656 g/mol. The van der Waals surface area contributed by atoms with E-state index in [9.17, 15) is 45.0 Å². The summed E-state index contributed by atoms with van der Waals surface area (Å²) in [5, 5.41) is 61.5. The van der Waals surface area contributed by atoms with Crippen molar-refractivity contribution in [3.8, 4) is 34.3 Å². The molecule has 2 aliphatic heterocycles. The standard InChI is InChI=1S/C32H36O17/c1-12-22(37)28(44-13(2)34)30(45-14(3)35)32(43-12)49-29-24(39)21-18(36)9-17(46-31-26(41)25(40)23(38)20(11-33)48-31)10-19(21)47-27(29)15-5-7-16(42-4)8-6-15/h5-10,12,20,22-23,25-26,28,30-33,36-38,40-41H,11H2,1-4H3/t12-,20+,22-,23+,25-,26+,28+,30+,31+,32-/m0/s1. The van der Waals surface area contributed by atoms with Gasteiger partial charge in [0.05, 0.1) is 19.8 Å². The van der Waals surface area contributed by atoms with Crippen molar-refractivity contribution in [1.29, 1.82) is 0 Å². The van der Waals surface area contributed by atoms with Gasteiger partial charge < -0.3 is 68.2 Å². The van der Waals surface area contributed by atoms with E-state index in [1.54, 1.807) is 12.1 Å². The van der Waals surface area contributed by atoms with E-state index in [0.717, 1.165) is 19.9 Å². The van der Waals surface area contributed by atoms with Crippen LogP contribution in [0.15, 0.2) is 45.6 Å². The number of aliphatic hydroxyl groups is 5. The summed E-state index contributed by atoms with van der Waals surface area (Å²) in [4.78, 5) is 38.1. The summed E-state index contributed by atoms with van der Waals surface area (Å²) in [6.07, 6.45) is -15.2. The van der Waals surface area contributed by atoms with Gasteiger partial charge in [0, 0.05) is 31.5 Å². The van der Waals surface area contributed by atoms with Crippen LogP contribution in [0.4, 0.5) is 0 Å². The molecule has 1 aromatic heterocycles. The van der Waals surface area contributed by atoms with Gasteiger partial charge in [-0.3, -0.25) is 14.4 Å². The Morgan fingerprint density at radius 1 is 0.816 bits per heavy atom. The number of phenolic OH excluding ortho intramolecular Hbond substituents is 1. The summed E-state index contributed by atoms with van der Waals surface area (Å²) in [5.41, 5.74) is -0.915. The maximum Gasteiger partial charge on any atom is 0.303 e. The zero-order valence-electron chi connectivity index (χ0n) is 26.6. The fourth-order valence-corrected chi connectivity index (χ4v) is 5.50. The van der Waals surface area contributed by atoms with Gasteiger partial charge in [-0.1, -0.05) is 0 Å². The third-order valence-corrected chi connectivity index (χ3v) is 7.96. The number of carbonyl (C=O) groups excluding carboxylic acids is 2. The predicted molar refractivity (Wildman–Crippen MR) is 163 cm³/mol. The molecule has 0 radical (unpaired) electrons. The molecule has 10 atom stereocenters. The first-order chi connectivity index (χ1) is 23.2. The minimum absolute atomic E-state index is 0.204. The van der Waals surface area contributed by atoms with Crippen molar-refractivity contribution in [2.75, 3.05) is 13.7 Å². The van der Waals surface area contributed by atoms with Crippen molar-refractivity contribution < 1.29 is 77.8 Å².